The fourth-order valence-corrected chi connectivity index (χ4v) is 22.5. The summed E-state index contributed by atoms with van der Waals surface area (Å²) < 4.78 is 32.1. The van der Waals surface area contributed by atoms with Gasteiger partial charge in [-0.1, -0.05) is 197 Å². The number of halogens is 2. The number of carbonyl (C=O) groups is 2. The number of terminal acetylenes is 1. The van der Waals surface area contributed by atoms with Crippen LogP contribution in [0.4, 0.5) is 4.70 Å². The van der Waals surface area contributed by atoms with E-state index in [2.05, 4.69) is 222 Å². The number of esters is 2. The molecule has 0 amide bonds. The summed E-state index contributed by atoms with van der Waals surface area (Å²) in [6.45, 7) is 74.4. The molecule has 2 heterocycles. The number of ether oxygens (including phenoxy) is 2. The molecule has 10 nitrogen and oxygen atoms in total. The van der Waals surface area contributed by atoms with Gasteiger partial charge in [-0.25, -0.2) is 9.59 Å². The highest BCUT2D eigenvalue weighted by Crippen LogP contribution is 2.62. The van der Waals surface area contributed by atoms with Crippen molar-refractivity contribution in [3.8, 4) is 12.3 Å². The monoisotopic (exact) mass is 1550 g/mol. The highest BCUT2D eigenvalue weighted by Gasteiger charge is 2.55. The third kappa shape index (κ3) is 24.0. The van der Waals surface area contributed by atoms with Crippen molar-refractivity contribution < 1.29 is 52.4 Å². The van der Waals surface area contributed by atoms with Gasteiger partial charge in [0.25, 0.3) is 0 Å². The van der Waals surface area contributed by atoms with E-state index in [-0.39, 0.29) is 91.9 Å². The van der Waals surface area contributed by atoms with Crippen molar-refractivity contribution in [2.75, 3.05) is 13.2 Å². The molecule has 0 aromatic carbocycles. The molecule has 18 atom stereocenters. The van der Waals surface area contributed by atoms with Crippen LogP contribution in [-0.2, 0) is 32.3 Å². The Morgan fingerprint density at radius 1 is 0.670 bits per heavy atom. The normalized spacial score (nSPS) is 31.1. The number of cyclic esters (lactones) is 2. The molecule has 3 N–H and O–H groups in total. The molecule has 5 saturated carbocycles. The molecule has 5 aliphatic carbocycles. The average Bonchev–Trinajstić information content (AvgIpc) is 1.62. The third-order valence-electron chi connectivity index (χ3n) is 27.3. The summed E-state index contributed by atoms with van der Waals surface area (Å²) in [6, 6.07) is 0. The molecular weight excluding hydrogens is 1400 g/mol. The minimum Gasteiger partial charge on any atom is -0.458 e. The molecule has 0 aromatic rings. The van der Waals surface area contributed by atoms with Gasteiger partial charge in [0, 0.05) is 54.5 Å². The van der Waals surface area contributed by atoms with Crippen LogP contribution in [-0.4, -0.2) is 102 Å². The minimum absolute atomic E-state index is 0. The van der Waals surface area contributed by atoms with Crippen LogP contribution in [0, 0.1) is 94.2 Å². The highest BCUT2D eigenvalue weighted by molar-refractivity contribution is 9.11. The van der Waals surface area contributed by atoms with Crippen LogP contribution in [0.25, 0.3) is 0 Å². The molecule has 7 aliphatic rings. The molecule has 7 rings (SSSR count). The molecule has 15 heteroatoms. The average molecular weight is 1560 g/mol. The van der Waals surface area contributed by atoms with Crippen LogP contribution < -0.4 is 0 Å². The van der Waals surface area contributed by atoms with Gasteiger partial charge in [0.05, 0.1) is 24.4 Å². The van der Waals surface area contributed by atoms with Gasteiger partial charge < -0.3 is 38.1 Å². The van der Waals surface area contributed by atoms with Crippen molar-refractivity contribution >= 4 is 52.8 Å². The molecule has 0 bridgehead atoms. The number of aliphatic hydroxyl groups is 3. The summed E-state index contributed by atoms with van der Waals surface area (Å²) in [5.74, 6) is 7.47. The van der Waals surface area contributed by atoms with E-state index in [1.165, 1.54) is 63.4 Å². The molecule has 0 unspecified atom stereocenters. The lowest BCUT2D eigenvalue weighted by molar-refractivity contribution is -0.141. The molecule has 2 aliphatic heterocycles. The van der Waals surface area contributed by atoms with Crippen LogP contribution in [0.3, 0.4) is 0 Å². The van der Waals surface area contributed by atoms with Crippen LogP contribution in [0.2, 0.25) is 54.4 Å². The molecule has 0 radical (unpaired) electrons. The fourth-order valence-electron chi connectivity index (χ4n) is 18.2. The molecule has 7 fully saturated rings. The first kappa shape index (κ1) is 94.7. The number of hydrogen-bond acceptors (Lipinski definition) is 10. The number of allylic oxidation sites excluding steroid dienone is 4. The van der Waals surface area contributed by atoms with E-state index in [1.54, 1.807) is 5.57 Å². The molecule has 0 aromatic heterocycles. The molecule has 0 spiro atoms. The Balaban J connectivity index is 0.000000402. The standard InChI is InChI=1S/C34H52O5.C29H60O3Si3.C23H35BrO2.C2H6.FH/c1-20(2)17-27-23(5)33(38)39-31(27)18-21(3)28-13-14-29-24(9-7-15-34(28,29)6)11-12-25-19-30(36)26(10-8-16-35)32(37)22(25)4;1-18-21-26(32-35(16,17)29(9,10)11)24(22-20-23-30-33(12,13)27(3,4)5)25(19-2)31-34(14,15)28(6,7)8;1-14(2)11-18-16(4)22(25)26-21(18)12-15(3)19-8-9-20-17(13-24)7-6-10-23(19,20)5;1-2;/h11-12,20-21,26-32,35-37H,4-5,7-10,13-19H2,1-3,6H3;1,19,24-26H,2,20-23H2,3-17H3;13-15,18-21H,4,6-12H2,1-3,5H3;1-2H3;1H/b24-11+,25-12-;;17-13+;;/t21-,26+,27-,28-,29+,30-,31+,32-,34-;24-,25-,26-;15-,18-,19-,20+,21+,23-;;/m111../s1. The SMILES string of the molecule is C#CC[C@@H](O[Si](C)(C)C(C)(C)C)[C@H](CCCO[Si](C)(C)C(C)(C)C)[C@@H](C=C)O[Si](C)(C)C(C)(C)C.C=C1/C(=C\C=C2/CCC[C@]3(C)[C@@H]([C@H](C)C[C@@H]4OC(=O)C(=C)[C@H]4CC(C)C)CC[C@@H]23)C[C@@H](O)[C@H](CCCO)[C@@H]1O.C=C1C(=O)O[C@@H](C[C@@H](C)[C@H]2CC[C@H]3/C(=C/Br)CCC[C@]23C)[C@@H]1CC(C)C.CC.F. The van der Waals surface area contributed by atoms with Crippen molar-refractivity contribution in [2.45, 2.75) is 351 Å². The van der Waals surface area contributed by atoms with Gasteiger partial charge in [0.2, 0.25) is 0 Å². The van der Waals surface area contributed by atoms with E-state index in [0.29, 0.717) is 83.3 Å². The van der Waals surface area contributed by atoms with E-state index in [1.807, 2.05) is 19.9 Å². The Bertz CT molecular complexity index is 2900. The van der Waals surface area contributed by atoms with Crippen LogP contribution in [0.5, 0.6) is 0 Å². The van der Waals surface area contributed by atoms with E-state index >= 15 is 0 Å². The predicted octanol–water partition coefficient (Wildman–Crippen LogP) is 23.5. The highest BCUT2D eigenvalue weighted by atomic mass is 79.9. The van der Waals surface area contributed by atoms with Crippen LogP contribution >= 0.6 is 15.9 Å². The van der Waals surface area contributed by atoms with Crippen molar-refractivity contribution in [3.05, 3.63) is 83.0 Å². The van der Waals surface area contributed by atoms with Gasteiger partial charge in [0.1, 0.15) is 12.2 Å². The third-order valence-corrected chi connectivity index (χ3v) is 41.4. The van der Waals surface area contributed by atoms with Crippen LogP contribution in [0.1, 0.15) is 260 Å². The second-order valence-corrected chi connectivity index (χ2v) is 53.0. The van der Waals surface area contributed by atoms with Crippen molar-refractivity contribution in [1.29, 1.82) is 0 Å². The topological polar surface area (TPSA) is 141 Å². The summed E-state index contributed by atoms with van der Waals surface area (Å²) in [4.78, 5) is 26.7. The van der Waals surface area contributed by atoms with Gasteiger partial charge in [-0.15, -0.1) is 18.9 Å². The van der Waals surface area contributed by atoms with E-state index in [4.69, 9.17) is 29.2 Å². The van der Waals surface area contributed by atoms with Gasteiger partial charge in [-0.2, -0.15) is 0 Å². The second-order valence-electron chi connectivity index (χ2n) is 38.2. The molecular formula is C88H154BrFO10Si3. The number of rotatable bonds is 27. The van der Waals surface area contributed by atoms with Gasteiger partial charge in [0.15, 0.2) is 25.0 Å². The summed E-state index contributed by atoms with van der Waals surface area (Å²) in [7, 11) is -5.81. The maximum absolute atomic E-state index is 12.4. The first-order chi connectivity index (χ1) is 47.2. The molecule has 2 saturated heterocycles. The van der Waals surface area contributed by atoms with Gasteiger partial charge >= 0.3 is 11.9 Å². The summed E-state index contributed by atoms with van der Waals surface area (Å²) in [5.41, 5.74) is 6.76. The quantitative estimate of drug-likeness (QED) is 0.0182. The lowest BCUT2D eigenvalue weighted by Crippen LogP contribution is -2.50. The first-order valence-corrected chi connectivity index (χ1v) is 50.0. The van der Waals surface area contributed by atoms with E-state index in [0.717, 1.165) is 69.0 Å². The van der Waals surface area contributed by atoms with Crippen molar-refractivity contribution in [2.24, 2.45) is 81.8 Å². The molecule has 103 heavy (non-hydrogen) atoms. The maximum Gasteiger partial charge on any atom is 0.334 e. The Hall–Kier alpha value is -2.50. The largest absolute Gasteiger partial charge is 0.458 e. The maximum atomic E-state index is 12.4. The summed E-state index contributed by atoms with van der Waals surface area (Å²) >= 11 is 3.61. The zero-order valence-electron chi connectivity index (χ0n) is 70.1. The predicted molar refractivity (Wildman–Crippen MR) is 444 cm³/mol. The van der Waals surface area contributed by atoms with Crippen molar-refractivity contribution in [1.82, 2.24) is 0 Å². The van der Waals surface area contributed by atoms with Gasteiger partial charge in [-0.05, 0) is 251 Å². The number of hydrogen-bond donors (Lipinski definition) is 3. The van der Waals surface area contributed by atoms with Crippen LogP contribution in [0.15, 0.2) is 83.0 Å². The number of carbonyl (C=O) groups excluding carboxylic acids is 2. The Morgan fingerprint density at radius 2 is 1.12 bits per heavy atom. The summed E-state index contributed by atoms with van der Waals surface area (Å²) in [6.07, 6.45) is 31.1. The Labute approximate surface area is 642 Å². The van der Waals surface area contributed by atoms with Crippen molar-refractivity contribution in [3.63, 3.8) is 0 Å². The molecule has 592 valence electrons. The second kappa shape index (κ2) is 39.9. The lowest BCUT2D eigenvalue weighted by atomic mass is 9.60. The fraction of sp³-hybridized carbons (Fsp3) is 0.795. The van der Waals surface area contributed by atoms with E-state index in [9.17, 15) is 24.9 Å². The van der Waals surface area contributed by atoms with Gasteiger partial charge in [-0.3, -0.25) is 4.70 Å². The Morgan fingerprint density at radius 3 is 1.53 bits per heavy atom. The van der Waals surface area contributed by atoms with E-state index < -0.39 is 37.2 Å². The zero-order valence-corrected chi connectivity index (χ0v) is 74.7. The minimum atomic E-state index is -2.02. The number of aliphatic hydroxyl groups excluding tert-OH is 3. The summed E-state index contributed by atoms with van der Waals surface area (Å²) in [5, 5.41) is 31.1. The first-order valence-electron chi connectivity index (χ1n) is 40.4. The Kier molecular flexibility index (Phi) is 36.7. The smallest absolute Gasteiger partial charge is 0.334 e. The zero-order chi connectivity index (χ0) is 77.6. The number of fused-ring (bicyclic) bond motifs is 2. The lowest BCUT2D eigenvalue weighted by Gasteiger charge is -2.45.